The second-order valence-electron chi connectivity index (χ2n) is 6.65. The fourth-order valence-corrected chi connectivity index (χ4v) is 3.86. The van der Waals surface area contributed by atoms with Gasteiger partial charge >= 0.3 is 0 Å². The largest absolute Gasteiger partial charge is 0.354 e. The van der Waals surface area contributed by atoms with Crippen LogP contribution in [0, 0.1) is 6.92 Å². The molecular weight excluding hydrogens is 332 g/mol. The fraction of sp³-hybridized carbons (Fsp3) is 0.526. The summed E-state index contributed by atoms with van der Waals surface area (Å²) in [6.45, 7) is 5.85. The molecule has 25 heavy (non-hydrogen) atoms. The summed E-state index contributed by atoms with van der Waals surface area (Å²) in [5, 5.41) is 3.92. The van der Waals surface area contributed by atoms with E-state index in [2.05, 4.69) is 52.7 Å². The molecule has 2 heterocycles. The standard InChI is InChI=1S/C19H26N4OS/c1-3-4-11-20-18(24)16-6-5-12-23(16)19-21-17(22-25-19)13-15-9-7-14(2)8-10-15/h7-10,16H,3-6,11-13H2,1-2H3,(H,20,24)/t16-/m0/s1. The molecule has 0 radical (unpaired) electrons. The number of carbonyl (C=O) groups excluding carboxylic acids is 1. The van der Waals surface area contributed by atoms with Gasteiger partial charge < -0.3 is 10.2 Å². The van der Waals surface area contributed by atoms with Gasteiger partial charge in [0.1, 0.15) is 11.9 Å². The number of carbonyl (C=O) groups is 1. The van der Waals surface area contributed by atoms with E-state index in [1.54, 1.807) is 0 Å². The number of amides is 1. The van der Waals surface area contributed by atoms with Crippen LogP contribution in [0.5, 0.6) is 0 Å². The number of aryl methyl sites for hydroxylation is 1. The van der Waals surface area contributed by atoms with Gasteiger partial charge in [0.05, 0.1) is 0 Å². The van der Waals surface area contributed by atoms with E-state index in [9.17, 15) is 4.79 Å². The van der Waals surface area contributed by atoms with Gasteiger partial charge in [0.25, 0.3) is 0 Å². The number of benzene rings is 1. The van der Waals surface area contributed by atoms with Crippen LogP contribution < -0.4 is 10.2 Å². The fourth-order valence-electron chi connectivity index (χ4n) is 3.10. The lowest BCUT2D eigenvalue weighted by Gasteiger charge is -2.22. The van der Waals surface area contributed by atoms with E-state index in [-0.39, 0.29) is 11.9 Å². The van der Waals surface area contributed by atoms with E-state index < -0.39 is 0 Å². The highest BCUT2D eigenvalue weighted by atomic mass is 32.1. The van der Waals surface area contributed by atoms with Crippen LogP contribution in [0.1, 0.15) is 49.6 Å². The molecule has 5 nitrogen and oxygen atoms in total. The average Bonchev–Trinajstić information content (AvgIpc) is 3.26. The van der Waals surface area contributed by atoms with Crippen molar-refractivity contribution in [2.75, 3.05) is 18.0 Å². The first kappa shape index (κ1) is 17.9. The monoisotopic (exact) mass is 358 g/mol. The van der Waals surface area contributed by atoms with Gasteiger partial charge in [0.15, 0.2) is 0 Å². The molecule has 1 atom stereocenters. The minimum absolute atomic E-state index is 0.1000. The number of aromatic nitrogens is 2. The van der Waals surface area contributed by atoms with Crippen molar-refractivity contribution in [2.24, 2.45) is 0 Å². The number of unbranched alkanes of at least 4 members (excludes halogenated alkanes) is 1. The van der Waals surface area contributed by atoms with Crippen LogP contribution in [-0.2, 0) is 11.2 Å². The molecule has 0 bridgehead atoms. The number of hydrogen-bond acceptors (Lipinski definition) is 5. The van der Waals surface area contributed by atoms with E-state index in [0.29, 0.717) is 0 Å². The van der Waals surface area contributed by atoms with Crippen molar-refractivity contribution in [3.63, 3.8) is 0 Å². The molecular formula is C19H26N4OS. The minimum Gasteiger partial charge on any atom is -0.354 e. The van der Waals surface area contributed by atoms with Gasteiger partial charge in [-0.15, -0.1) is 0 Å². The third-order valence-electron chi connectivity index (χ3n) is 4.57. The van der Waals surface area contributed by atoms with Crippen molar-refractivity contribution in [3.05, 3.63) is 41.2 Å². The SMILES string of the molecule is CCCCNC(=O)[C@@H]1CCCN1c1nc(Cc2ccc(C)cc2)ns1. The van der Waals surface area contributed by atoms with Crippen molar-refractivity contribution in [2.45, 2.75) is 52.0 Å². The molecule has 0 saturated carbocycles. The van der Waals surface area contributed by atoms with Gasteiger partial charge in [0, 0.05) is 31.0 Å². The Kier molecular flexibility index (Phi) is 6.02. The van der Waals surface area contributed by atoms with Crippen LogP contribution in [0.15, 0.2) is 24.3 Å². The Morgan fingerprint density at radius 2 is 2.16 bits per heavy atom. The van der Waals surface area contributed by atoms with E-state index in [0.717, 1.165) is 56.1 Å². The van der Waals surface area contributed by atoms with Crippen LogP contribution in [0.25, 0.3) is 0 Å². The predicted octanol–water partition coefficient (Wildman–Crippen LogP) is 3.32. The lowest BCUT2D eigenvalue weighted by molar-refractivity contribution is -0.122. The highest BCUT2D eigenvalue weighted by molar-refractivity contribution is 7.09. The Balaban J connectivity index is 1.64. The highest BCUT2D eigenvalue weighted by Crippen LogP contribution is 2.27. The molecule has 2 aromatic rings. The third-order valence-corrected chi connectivity index (χ3v) is 5.36. The molecule has 134 valence electrons. The molecule has 3 rings (SSSR count). The number of hydrogen-bond donors (Lipinski definition) is 1. The molecule has 0 unspecified atom stereocenters. The summed E-state index contributed by atoms with van der Waals surface area (Å²) in [6, 6.07) is 8.36. The smallest absolute Gasteiger partial charge is 0.242 e. The van der Waals surface area contributed by atoms with E-state index in [1.165, 1.54) is 22.7 Å². The molecule has 0 spiro atoms. The van der Waals surface area contributed by atoms with Gasteiger partial charge in [-0.2, -0.15) is 4.37 Å². The Hall–Kier alpha value is -1.95. The highest BCUT2D eigenvalue weighted by Gasteiger charge is 2.32. The Bertz CT molecular complexity index is 698. The summed E-state index contributed by atoms with van der Waals surface area (Å²) >= 11 is 1.40. The van der Waals surface area contributed by atoms with E-state index >= 15 is 0 Å². The quantitative estimate of drug-likeness (QED) is 0.772. The minimum atomic E-state index is -0.1000. The first-order chi connectivity index (χ1) is 12.2. The molecule has 1 aromatic carbocycles. The first-order valence-corrected chi connectivity index (χ1v) is 9.87. The normalized spacial score (nSPS) is 17.0. The molecule has 1 aromatic heterocycles. The zero-order valence-corrected chi connectivity index (χ0v) is 15.8. The zero-order chi connectivity index (χ0) is 17.6. The summed E-state index contributed by atoms with van der Waals surface area (Å²) in [7, 11) is 0. The second kappa shape index (κ2) is 8.43. The zero-order valence-electron chi connectivity index (χ0n) is 15.0. The molecule has 1 N–H and O–H groups in total. The molecule has 1 amide bonds. The van der Waals surface area contributed by atoms with E-state index in [4.69, 9.17) is 4.98 Å². The summed E-state index contributed by atoms with van der Waals surface area (Å²) < 4.78 is 4.50. The molecule has 0 aliphatic carbocycles. The maximum absolute atomic E-state index is 12.4. The predicted molar refractivity (Wildman–Crippen MR) is 102 cm³/mol. The van der Waals surface area contributed by atoms with E-state index in [1.807, 2.05) is 0 Å². The van der Waals surface area contributed by atoms with Gasteiger partial charge in [-0.05, 0) is 31.7 Å². The molecule has 1 fully saturated rings. The Morgan fingerprint density at radius 1 is 1.36 bits per heavy atom. The topological polar surface area (TPSA) is 58.1 Å². The van der Waals surface area contributed by atoms with Crippen LogP contribution in [-0.4, -0.2) is 34.4 Å². The number of rotatable bonds is 7. The molecule has 1 saturated heterocycles. The van der Waals surface area contributed by atoms with Crippen LogP contribution in [0.4, 0.5) is 5.13 Å². The maximum Gasteiger partial charge on any atom is 0.242 e. The Morgan fingerprint density at radius 3 is 2.92 bits per heavy atom. The van der Waals surface area contributed by atoms with Crippen molar-refractivity contribution >= 4 is 22.6 Å². The number of nitrogens with zero attached hydrogens (tertiary/aromatic N) is 3. The van der Waals surface area contributed by atoms with Gasteiger partial charge in [-0.25, -0.2) is 4.98 Å². The van der Waals surface area contributed by atoms with Crippen molar-refractivity contribution in [3.8, 4) is 0 Å². The van der Waals surface area contributed by atoms with Gasteiger partial charge in [0.2, 0.25) is 11.0 Å². The summed E-state index contributed by atoms with van der Waals surface area (Å²) in [5.74, 6) is 0.960. The molecule has 1 aliphatic rings. The van der Waals surface area contributed by atoms with Crippen molar-refractivity contribution in [1.82, 2.24) is 14.7 Å². The summed E-state index contributed by atoms with van der Waals surface area (Å²) in [4.78, 5) is 19.3. The first-order valence-electron chi connectivity index (χ1n) is 9.10. The lowest BCUT2D eigenvalue weighted by atomic mass is 10.1. The maximum atomic E-state index is 12.4. The van der Waals surface area contributed by atoms with Gasteiger partial charge in [-0.3, -0.25) is 4.79 Å². The summed E-state index contributed by atoms with van der Waals surface area (Å²) in [5.41, 5.74) is 2.47. The third kappa shape index (κ3) is 4.57. The molecule has 1 aliphatic heterocycles. The van der Waals surface area contributed by atoms with Crippen molar-refractivity contribution in [1.29, 1.82) is 0 Å². The van der Waals surface area contributed by atoms with Crippen LogP contribution >= 0.6 is 11.5 Å². The van der Waals surface area contributed by atoms with Crippen molar-refractivity contribution < 1.29 is 4.79 Å². The van der Waals surface area contributed by atoms with Crippen LogP contribution in [0.3, 0.4) is 0 Å². The molecule has 6 heteroatoms. The Labute approximate surface area is 153 Å². The second-order valence-corrected chi connectivity index (χ2v) is 7.38. The average molecular weight is 359 g/mol. The van der Waals surface area contributed by atoms with Gasteiger partial charge in [-0.1, -0.05) is 43.2 Å². The summed E-state index contributed by atoms with van der Waals surface area (Å²) in [6.07, 6.45) is 4.77. The number of nitrogens with one attached hydrogen (secondary N) is 1. The van der Waals surface area contributed by atoms with Crippen LogP contribution in [0.2, 0.25) is 0 Å². The lowest BCUT2D eigenvalue weighted by Crippen LogP contribution is -2.43. The number of anilines is 1.